The fraction of sp³-hybridized carbons (Fsp3) is 0.316. The highest BCUT2D eigenvalue weighted by Crippen LogP contribution is 2.28. The Hall–Kier alpha value is -2.69. The fourth-order valence-electron chi connectivity index (χ4n) is 2.91. The number of nitrogens with zero attached hydrogens (tertiary/aromatic N) is 1. The smallest absolute Gasteiger partial charge is 0.269 e. The Kier molecular flexibility index (Phi) is 5.34. The van der Waals surface area contributed by atoms with Gasteiger partial charge in [-0.2, -0.15) is 0 Å². The Morgan fingerprint density at radius 1 is 1.04 bits per heavy atom. The first kappa shape index (κ1) is 17.7. The van der Waals surface area contributed by atoms with Crippen LogP contribution in [0.3, 0.4) is 0 Å². The summed E-state index contributed by atoms with van der Waals surface area (Å²) < 4.78 is 0. The van der Waals surface area contributed by atoms with Crippen LogP contribution in [0.1, 0.15) is 36.5 Å². The summed E-state index contributed by atoms with van der Waals surface area (Å²) in [6, 6.07) is 12.1. The van der Waals surface area contributed by atoms with Crippen LogP contribution in [-0.4, -0.2) is 10.8 Å². The molecule has 0 bridgehead atoms. The van der Waals surface area contributed by atoms with E-state index in [0.29, 0.717) is 0 Å². The molecule has 0 aliphatic carbocycles. The van der Waals surface area contributed by atoms with Crippen molar-refractivity contribution in [2.24, 2.45) is 5.92 Å². The molecule has 1 amide bonds. The van der Waals surface area contributed by atoms with Crippen molar-refractivity contribution in [1.29, 1.82) is 0 Å². The molecule has 0 saturated heterocycles. The van der Waals surface area contributed by atoms with E-state index in [2.05, 4.69) is 5.32 Å². The Labute approximate surface area is 141 Å². The Morgan fingerprint density at radius 3 is 2.04 bits per heavy atom. The second kappa shape index (κ2) is 7.25. The van der Waals surface area contributed by atoms with E-state index in [1.54, 1.807) is 12.1 Å². The molecule has 5 nitrogen and oxygen atoms in total. The Balaban J connectivity index is 2.26. The van der Waals surface area contributed by atoms with Crippen molar-refractivity contribution >= 4 is 17.3 Å². The largest absolute Gasteiger partial charge is 0.326 e. The van der Waals surface area contributed by atoms with Gasteiger partial charge in [-0.3, -0.25) is 14.9 Å². The van der Waals surface area contributed by atoms with Gasteiger partial charge in [-0.25, -0.2) is 0 Å². The lowest BCUT2D eigenvalue weighted by Gasteiger charge is -2.21. The lowest BCUT2D eigenvalue weighted by atomic mass is 9.87. The van der Waals surface area contributed by atoms with Crippen molar-refractivity contribution < 1.29 is 9.72 Å². The summed E-state index contributed by atoms with van der Waals surface area (Å²) in [5.74, 6) is -0.409. The second-order valence-electron chi connectivity index (χ2n) is 6.44. The highest BCUT2D eigenvalue weighted by atomic mass is 16.6. The number of nitro groups is 1. The van der Waals surface area contributed by atoms with E-state index < -0.39 is 4.92 Å². The molecule has 2 aromatic rings. The van der Waals surface area contributed by atoms with E-state index in [0.717, 1.165) is 22.4 Å². The maximum absolute atomic E-state index is 12.8. The summed E-state index contributed by atoms with van der Waals surface area (Å²) in [5.41, 5.74) is 3.74. The summed E-state index contributed by atoms with van der Waals surface area (Å²) in [6.45, 7) is 7.90. The lowest BCUT2D eigenvalue weighted by Crippen LogP contribution is -2.25. The van der Waals surface area contributed by atoms with Crippen molar-refractivity contribution in [3.05, 3.63) is 69.3 Å². The number of nitrogens with one attached hydrogen (secondary N) is 1. The minimum Gasteiger partial charge on any atom is -0.326 e. The molecule has 2 aromatic carbocycles. The predicted molar refractivity (Wildman–Crippen MR) is 95.2 cm³/mol. The van der Waals surface area contributed by atoms with Crippen molar-refractivity contribution in [3.8, 4) is 0 Å². The van der Waals surface area contributed by atoms with Crippen LogP contribution in [0, 0.1) is 29.9 Å². The van der Waals surface area contributed by atoms with E-state index in [4.69, 9.17) is 0 Å². The minimum absolute atomic E-state index is 0.0240. The molecule has 0 fully saturated rings. The van der Waals surface area contributed by atoms with E-state index in [9.17, 15) is 14.9 Å². The van der Waals surface area contributed by atoms with Gasteiger partial charge in [0, 0.05) is 17.8 Å². The lowest BCUT2D eigenvalue weighted by molar-refractivity contribution is -0.384. The number of amides is 1. The monoisotopic (exact) mass is 326 g/mol. The normalized spacial score (nSPS) is 12.0. The number of aryl methyl sites for hydroxylation is 2. The fourth-order valence-corrected chi connectivity index (χ4v) is 2.91. The number of anilines is 1. The van der Waals surface area contributed by atoms with Crippen molar-refractivity contribution in [1.82, 2.24) is 0 Å². The number of carbonyl (C=O) groups is 1. The molecule has 24 heavy (non-hydrogen) atoms. The van der Waals surface area contributed by atoms with Gasteiger partial charge in [-0.1, -0.05) is 32.0 Å². The summed E-state index contributed by atoms with van der Waals surface area (Å²) in [4.78, 5) is 23.1. The van der Waals surface area contributed by atoms with E-state index in [1.807, 2.05) is 45.9 Å². The Morgan fingerprint density at radius 2 is 1.58 bits per heavy atom. The van der Waals surface area contributed by atoms with Crippen molar-refractivity contribution in [3.63, 3.8) is 0 Å². The zero-order chi connectivity index (χ0) is 17.9. The van der Waals surface area contributed by atoms with E-state index >= 15 is 0 Å². The molecule has 1 atom stereocenters. The molecule has 0 saturated carbocycles. The molecule has 2 rings (SSSR count). The zero-order valence-corrected chi connectivity index (χ0v) is 14.4. The quantitative estimate of drug-likeness (QED) is 0.645. The van der Waals surface area contributed by atoms with Gasteiger partial charge in [0.15, 0.2) is 0 Å². The molecule has 1 N–H and O–H groups in total. The first-order chi connectivity index (χ1) is 11.3. The van der Waals surface area contributed by atoms with Gasteiger partial charge >= 0.3 is 0 Å². The summed E-state index contributed by atoms with van der Waals surface area (Å²) in [5, 5.41) is 13.7. The molecule has 0 aromatic heterocycles. The zero-order valence-electron chi connectivity index (χ0n) is 14.4. The van der Waals surface area contributed by atoms with Gasteiger partial charge in [0.1, 0.15) is 0 Å². The van der Waals surface area contributed by atoms with Gasteiger partial charge in [0.05, 0.1) is 10.8 Å². The van der Waals surface area contributed by atoms with Crippen molar-refractivity contribution in [2.45, 2.75) is 33.6 Å². The highest BCUT2D eigenvalue weighted by Gasteiger charge is 2.25. The average Bonchev–Trinajstić information content (AvgIpc) is 2.46. The van der Waals surface area contributed by atoms with Crippen LogP contribution >= 0.6 is 0 Å². The summed E-state index contributed by atoms with van der Waals surface area (Å²) in [7, 11) is 0. The van der Waals surface area contributed by atoms with Gasteiger partial charge in [0.25, 0.3) is 5.69 Å². The summed E-state index contributed by atoms with van der Waals surface area (Å²) >= 11 is 0. The van der Waals surface area contributed by atoms with Gasteiger partial charge < -0.3 is 5.32 Å². The molecule has 5 heteroatoms. The van der Waals surface area contributed by atoms with Crippen LogP contribution in [0.5, 0.6) is 0 Å². The second-order valence-corrected chi connectivity index (χ2v) is 6.44. The van der Waals surface area contributed by atoms with Crippen LogP contribution in [-0.2, 0) is 4.79 Å². The summed E-state index contributed by atoms with van der Waals surface area (Å²) in [6.07, 6.45) is 0. The topological polar surface area (TPSA) is 72.2 Å². The number of carbonyl (C=O) groups excluding carboxylic acids is 1. The van der Waals surface area contributed by atoms with Crippen LogP contribution in [0.25, 0.3) is 0 Å². The number of nitro benzene ring substituents is 1. The standard InChI is InChI=1S/C19H22N2O3/c1-12(2)18(15-5-7-17(8-6-15)21(23)24)19(22)20-16-10-13(3)9-14(4)11-16/h5-12,18H,1-4H3,(H,20,22). The van der Waals surface area contributed by atoms with Crippen molar-refractivity contribution in [2.75, 3.05) is 5.32 Å². The van der Waals surface area contributed by atoms with Gasteiger partial charge in [-0.05, 0) is 48.6 Å². The first-order valence-corrected chi connectivity index (χ1v) is 7.91. The number of hydrogen-bond acceptors (Lipinski definition) is 3. The minimum atomic E-state index is -0.441. The van der Waals surface area contributed by atoms with Crippen LogP contribution < -0.4 is 5.32 Å². The number of benzene rings is 2. The molecule has 126 valence electrons. The number of rotatable bonds is 5. The third-order valence-corrected chi connectivity index (χ3v) is 3.90. The highest BCUT2D eigenvalue weighted by molar-refractivity contribution is 5.96. The molecule has 0 heterocycles. The molecule has 0 radical (unpaired) electrons. The first-order valence-electron chi connectivity index (χ1n) is 7.91. The molecular weight excluding hydrogens is 304 g/mol. The molecule has 0 aliphatic heterocycles. The number of non-ortho nitro benzene ring substituents is 1. The average molecular weight is 326 g/mol. The molecule has 0 spiro atoms. The van der Waals surface area contributed by atoms with Gasteiger partial charge in [-0.15, -0.1) is 0 Å². The third-order valence-electron chi connectivity index (χ3n) is 3.90. The maximum atomic E-state index is 12.8. The Bertz CT molecular complexity index is 731. The maximum Gasteiger partial charge on any atom is 0.269 e. The van der Waals surface area contributed by atoms with E-state index in [1.165, 1.54) is 12.1 Å². The molecule has 0 aliphatic rings. The number of hydrogen-bond donors (Lipinski definition) is 1. The van der Waals surface area contributed by atoms with Crippen LogP contribution in [0.4, 0.5) is 11.4 Å². The van der Waals surface area contributed by atoms with Gasteiger partial charge in [0.2, 0.25) is 5.91 Å². The molecular formula is C19H22N2O3. The van der Waals surface area contributed by atoms with E-state index in [-0.39, 0.29) is 23.4 Å². The van der Waals surface area contributed by atoms with Crippen LogP contribution in [0.2, 0.25) is 0 Å². The molecule has 1 unspecified atom stereocenters. The third kappa shape index (κ3) is 4.19. The predicted octanol–water partition coefficient (Wildman–Crippen LogP) is 4.59. The SMILES string of the molecule is Cc1cc(C)cc(NC(=O)C(c2ccc([N+](=O)[O-])cc2)C(C)C)c1. The van der Waals surface area contributed by atoms with Crippen LogP contribution in [0.15, 0.2) is 42.5 Å².